The quantitative estimate of drug-likeness (QED) is 0.296. The van der Waals surface area contributed by atoms with Crippen molar-refractivity contribution in [3.8, 4) is 0 Å². The standard InChI is InChI=1S/C24H27BrFN3O4/c1-24(2,28-23(31)32-15-17-9-5-3-6-10-17)33-12-8-4-7-11-29-16-27-21-14-19(25)20(26)13-18(21)22(29)30/h3,5-6,9-10,13-14,16H,4,7-8,11-12,15H2,1-2H3,(H,28,31). The Balaban J connectivity index is 1.37. The summed E-state index contributed by atoms with van der Waals surface area (Å²) >= 11 is 3.10. The number of benzene rings is 2. The molecular weight excluding hydrogens is 493 g/mol. The average molecular weight is 520 g/mol. The van der Waals surface area contributed by atoms with Crippen LogP contribution in [0, 0.1) is 5.82 Å². The highest BCUT2D eigenvalue weighted by Crippen LogP contribution is 2.19. The van der Waals surface area contributed by atoms with Crippen LogP contribution in [-0.4, -0.2) is 28.0 Å². The number of amides is 1. The molecule has 0 aliphatic heterocycles. The highest BCUT2D eigenvalue weighted by molar-refractivity contribution is 9.10. The Bertz CT molecular complexity index is 1150. The van der Waals surface area contributed by atoms with Crippen molar-refractivity contribution in [2.45, 2.75) is 52.0 Å². The first-order chi connectivity index (χ1) is 15.7. The third kappa shape index (κ3) is 7.36. The van der Waals surface area contributed by atoms with Gasteiger partial charge in [-0.2, -0.15) is 0 Å². The van der Waals surface area contributed by atoms with E-state index in [1.807, 2.05) is 30.3 Å². The van der Waals surface area contributed by atoms with Crippen LogP contribution in [-0.2, 0) is 22.6 Å². The van der Waals surface area contributed by atoms with Gasteiger partial charge < -0.3 is 9.47 Å². The molecule has 33 heavy (non-hydrogen) atoms. The lowest BCUT2D eigenvalue weighted by Gasteiger charge is -2.26. The van der Waals surface area contributed by atoms with Gasteiger partial charge in [0.25, 0.3) is 5.56 Å². The Morgan fingerprint density at radius 2 is 1.94 bits per heavy atom. The predicted octanol–water partition coefficient (Wildman–Crippen LogP) is 5.15. The summed E-state index contributed by atoms with van der Waals surface area (Å²) in [6, 6.07) is 12.1. The van der Waals surface area contributed by atoms with Crippen molar-refractivity contribution in [3.63, 3.8) is 0 Å². The van der Waals surface area contributed by atoms with E-state index >= 15 is 0 Å². The molecule has 0 unspecified atom stereocenters. The molecule has 7 nitrogen and oxygen atoms in total. The van der Waals surface area contributed by atoms with Crippen molar-refractivity contribution in [2.24, 2.45) is 0 Å². The molecular formula is C24H27BrFN3O4. The van der Waals surface area contributed by atoms with Gasteiger partial charge >= 0.3 is 6.09 Å². The van der Waals surface area contributed by atoms with Crippen LogP contribution in [0.1, 0.15) is 38.7 Å². The molecule has 1 aromatic heterocycles. The number of nitrogens with one attached hydrogen (secondary N) is 1. The lowest BCUT2D eigenvalue weighted by molar-refractivity contribution is -0.0426. The minimum atomic E-state index is -0.870. The van der Waals surface area contributed by atoms with Crippen LogP contribution in [0.4, 0.5) is 9.18 Å². The van der Waals surface area contributed by atoms with Gasteiger partial charge in [-0.15, -0.1) is 0 Å². The molecule has 0 radical (unpaired) electrons. The summed E-state index contributed by atoms with van der Waals surface area (Å²) in [7, 11) is 0. The van der Waals surface area contributed by atoms with Crippen molar-refractivity contribution in [3.05, 3.63) is 75.0 Å². The number of nitrogens with zero attached hydrogens (tertiary/aromatic N) is 2. The minimum absolute atomic E-state index is 0.190. The van der Waals surface area contributed by atoms with E-state index in [4.69, 9.17) is 9.47 Å². The van der Waals surface area contributed by atoms with Crippen LogP contribution in [0.2, 0.25) is 0 Å². The number of carbonyl (C=O) groups is 1. The molecule has 0 aliphatic carbocycles. The van der Waals surface area contributed by atoms with Gasteiger partial charge in [0.2, 0.25) is 0 Å². The molecule has 1 heterocycles. The first kappa shape index (κ1) is 24.9. The fourth-order valence-electron chi connectivity index (χ4n) is 3.24. The van der Waals surface area contributed by atoms with E-state index in [1.54, 1.807) is 13.8 Å². The largest absolute Gasteiger partial charge is 0.445 e. The van der Waals surface area contributed by atoms with E-state index in [9.17, 15) is 14.0 Å². The molecule has 3 rings (SSSR count). The summed E-state index contributed by atoms with van der Waals surface area (Å²) < 4.78 is 26.5. The second kappa shape index (κ2) is 11.4. The van der Waals surface area contributed by atoms with E-state index < -0.39 is 17.6 Å². The average Bonchev–Trinajstić information content (AvgIpc) is 2.78. The lowest BCUT2D eigenvalue weighted by Crippen LogP contribution is -2.46. The zero-order chi connectivity index (χ0) is 23.8. The number of ether oxygens (including phenoxy) is 2. The van der Waals surface area contributed by atoms with Crippen LogP contribution in [0.3, 0.4) is 0 Å². The number of hydrogen-bond donors (Lipinski definition) is 1. The Kier molecular flexibility index (Phi) is 8.57. The number of rotatable bonds is 10. The van der Waals surface area contributed by atoms with Crippen LogP contribution in [0.5, 0.6) is 0 Å². The Morgan fingerprint density at radius 3 is 2.70 bits per heavy atom. The summed E-state index contributed by atoms with van der Waals surface area (Å²) in [4.78, 5) is 28.8. The van der Waals surface area contributed by atoms with Crippen molar-refractivity contribution in [2.75, 3.05) is 6.61 Å². The molecule has 0 bridgehead atoms. The number of aryl methyl sites for hydroxylation is 1. The van der Waals surface area contributed by atoms with Gasteiger partial charge in [-0.1, -0.05) is 30.3 Å². The van der Waals surface area contributed by atoms with Gasteiger partial charge in [-0.3, -0.25) is 14.7 Å². The topological polar surface area (TPSA) is 82.4 Å². The van der Waals surface area contributed by atoms with Crippen LogP contribution >= 0.6 is 15.9 Å². The smallest absolute Gasteiger partial charge is 0.409 e. The highest BCUT2D eigenvalue weighted by atomic mass is 79.9. The summed E-state index contributed by atoms with van der Waals surface area (Å²) in [5, 5.41) is 2.96. The summed E-state index contributed by atoms with van der Waals surface area (Å²) in [6.07, 6.45) is 3.24. The van der Waals surface area contributed by atoms with E-state index in [1.165, 1.54) is 23.0 Å². The first-order valence-electron chi connectivity index (χ1n) is 10.7. The van der Waals surface area contributed by atoms with Gasteiger partial charge in [-0.05, 0) is 66.7 Å². The summed E-state index contributed by atoms with van der Waals surface area (Å²) in [6.45, 7) is 4.63. The number of hydrogen-bond acceptors (Lipinski definition) is 5. The Morgan fingerprint density at radius 1 is 1.18 bits per heavy atom. The molecule has 3 aromatic rings. The van der Waals surface area contributed by atoms with Crippen LogP contribution < -0.4 is 10.9 Å². The van der Waals surface area contributed by atoms with Crippen molar-refractivity contribution < 1.29 is 18.7 Å². The van der Waals surface area contributed by atoms with Gasteiger partial charge in [0, 0.05) is 13.2 Å². The molecule has 0 fully saturated rings. The summed E-state index contributed by atoms with van der Waals surface area (Å²) in [5.41, 5.74) is 0.229. The lowest BCUT2D eigenvalue weighted by atomic mass is 10.2. The molecule has 0 aliphatic rings. The number of halogens is 2. The second-order valence-corrected chi connectivity index (χ2v) is 8.99. The Labute approximate surface area is 200 Å². The normalized spacial score (nSPS) is 11.5. The zero-order valence-electron chi connectivity index (χ0n) is 18.6. The maximum atomic E-state index is 13.8. The van der Waals surface area contributed by atoms with Crippen LogP contribution in [0.25, 0.3) is 10.9 Å². The molecule has 1 amide bonds. The predicted molar refractivity (Wildman–Crippen MR) is 127 cm³/mol. The van der Waals surface area contributed by atoms with E-state index in [0.29, 0.717) is 18.7 Å². The van der Waals surface area contributed by atoms with Crippen molar-refractivity contribution >= 4 is 32.9 Å². The molecule has 0 atom stereocenters. The van der Waals surface area contributed by atoms with Gasteiger partial charge in [0.1, 0.15) is 18.1 Å². The number of alkyl carbamates (subject to hydrolysis) is 1. The molecule has 1 N–H and O–H groups in total. The highest BCUT2D eigenvalue weighted by Gasteiger charge is 2.21. The van der Waals surface area contributed by atoms with Crippen molar-refractivity contribution in [1.29, 1.82) is 0 Å². The van der Waals surface area contributed by atoms with Crippen molar-refractivity contribution in [1.82, 2.24) is 14.9 Å². The second-order valence-electron chi connectivity index (χ2n) is 8.13. The molecule has 0 saturated carbocycles. The fraction of sp³-hybridized carbons (Fsp3) is 0.375. The zero-order valence-corrected chi connectivity index (χ0v) is 20.2. The SMILES string of the molecule is CC(C)(NC(=O)OCc1ccccc1)OCCCCCn1cnc2cc(Br)c(F)cc2c1=O. The number of unbranched alkanes of at least 4 members (excludes halogenated alkanes) is 2. The Hall–Kier alpha value is -2.78. The monoisotopic (exact) mass is 519 g/mol. The minimum Gasteiger partial charge on any atom is -0.445 e. The van der Waals surface area contributed by atoms with Crippen LogP contribution in [0.15, 0.2) is 58.1 Å². The summed E-state index contributed by atoms with van der Waals surface area (Å²) in [5.74, 6) is -0.489. The third-order valence-corrected chi connectivity index (χ3v) is 5.60. The third-order valence-electron chi connectivity index (χ3n) is 4.99. The number of fused-ring (bicyclic) bond motifs is 1. The van der Waals surface area contributed by atoms with Gasteiger partial charge in [-0.25, -0.2) is 14.2 Å². The fourth-order valence-corrected chi connectivity index (χ4v) is 3.57. The molecule has 9 heteroatoms. The first-order valence-corrected chi connectivity index (χ1v) is 11.5. The maximum Gasteiger partial charge on any atom is 0.409 e. The molecule has 0 spiro atoms. The van der Waals surface area contributed by atoms with E-state index in [0.717, 1.165) is 24.8 Å². The molecule has 176 valence electrons. The molecule has 0 saturated heterocycles. The van der Waals surface area contributed by atoms with Gasteiger partial charge in [0.05, 0.1) is 21.7 Å². The number of carbonyl (C=O) groups excluding carboxylic acids is 1. The number of aromatic nitrogens is 2. The van der Waals surface area contributed by atoms with Gasteiger partial charge in [0.15, 0.2) is 0 Å². The maximum absolute atomic E-state index is 13.8. The van der Waals surface area contributed by atoms with E-state index in [2.05, 4.69) is 26.2 Å². The van der Waals surface area contributed by atoms with E-state index in [-0.39, 0.29) is 22.0 Å². The molecule has 2 aromatic carbocycles.